The van der Waals surface area contributed by atoms with Gasteiger partial charge in [0, 0.05) is 18.6 Å². The van der Waals surface area contributed by atoms with Crippen LogP contribution < -0.4 is 0 Å². The van der Waals surface area contributed by atoms with E-state index in [1.165, 1.54) is 29.9 Å². The van der Waals surface area contributed by atoms with E-state index in [1.54, 1.807) is 0 Å². The molecular formula is C12H10F3NO2. The minimum atomic E-state index is -4.45. The summed E-state index contributed by atoms with van der Waals surface area (Å²) in [4.78, 5) is 10.7. The topological polar surface area (TPSA) is 42.2 Å². The highest BCUT2D eigenvalue weighted by Gasteiger charge is 2.33. The molecule has 3 nitrogen and oxygen atoms in total. The second-order valence-electron chi connectivity index (χ2n) is 4.04. The van der Waals surface area contributed by atoms with Crippen LogP contribution in [0.3, 0.4) is 0 Å². The van der Waals surface area contributed by atoms with Gasteiger partial charge in [0.05, 0.1) is 17.5 Å². The average molecular weight is 257 g/mol. The molecule has 2 rings (SSSR count). The zero-order valence-electron chi connectivity index (χ0n) is 9.45. The van der Waals surface area contributed by atoms with Crippen LogP contribution in [0.2, 0.25) is 0 Å². The first kappa shape index (κ1) is 12.5. The highest BCUT2D eigenvalue weighted by Crippen LogP contribution is 2.36. The Morgan fingerprint density at radius 3 is 2.61 bits per heavy atom. The van der Waals surface area contributed by atoms with Gasteiger partial charge in [-0.15, -0.1) is 0 Å². The van der Waals surface area contributed by atoms with Crippen LogP contribution >= 0.6 is 0 Å². The van der Waals surface area contributed by atoms with E-state index in [0.717, 1.165) is 6.07 Å². The minimum Gasteiger partial charge on any atom is -0.481 e. The molecule has 1 aromatic heterocycles. The van der Waals surface area contributed by atoms with Crippen LogP contribution in [0.4, 0.5) is 13.2 Å². The van der Waals surface area contributed by atoms with Crippen LogP contribution in [0.1, 0.15) is 11.1 Å². The van der Waals surface area contributed by atoms with Crippen molar-refractivity contribution in [3.8, 4) is 0 Å². The molecule has 0 unspecified atom stereocenters. The van der Waals surface area contributed by atoms with E-state index in [9.17, 15) is 18.0 Å². The standard InChI is InChI=1S/C12H10F3NO2/c1-16-6-7(5-10(17)18)8-3-2-4-9(11(8)16)12(13,14)15/h2-4,6H,5H2,1H3,(H,17,18). The number of alkyl halides is 3. The molecule has 0 fully saturated rings. The molecule has 96 valence electrons. The molecule has 6 heteroatoms. The van der Waals surface area contributed by atoms with Crippen molar-refractivity contribution < 1.29 is 23.1 Å². The van der Waals surface area contributed by atoms with Gasteiger partial charge in [-0.1, -0.05) is 12.1 Å². The van der Waals surface area contributed by atoms with E-state index < -0.39 is 17.7 Å². The van der Waals surface area contributed by atoms with Crippen molar-refractivity contribution in [2.24, 2.45) is 7.05 Å². The third kappa shape index (κ3) is 2.05. The maximum atomic E-state index is 12.8. The van der Waals surface area contributed by atoms with Gasteiger partial charge in [0.15, 0.2) is 0 Å². The number of hydrogen-bond donors (Lipinski definition) is 1. The van der Waals surface area contributed by atoms with Gasteiger partial charge in [-0.25, -0.2) is 0 Å². The number of benzene rings is 1. The molecule has 0 spiro atoms. The van der Waals surface area contributed by atoms with Crippen LogP contribution in [-0.2, 0) is 24.4 Å². The smallest absolute Gasteiger partial charge is 0.418 e. The molecule has 0 bridgehead atoms. The van der Waals surface area contributed by atoms with Crippen LogP contribution in [0.15, 0.2) is 24.4 Å². The number of rotatable bonds is 2. The van der Waals surface area contributed by atoms with Crippen LogP contribution in [0.25, 0.3) is 10.9 Å². The summed E-state index contributed by atoms with van der Waals surface area (Å²) in [7, 11) is 1.48. The Morgan fingerprint density at radius 2 is 2.06 bits per heavy atom. The first-order chi connectivity index (χ1) is 8.30. The predicted octanol–water partition coefficient (Wildman–Crippen LogP) is 2.82. The number of halogens is 3. The molecule has 1 N–H and O–H groups in total. The fourth-order valence-electron chi connectivity index (χ4n) is 2.08. The molecule has 0 radical (unpaired) electrons. The van der Waals surface area contributed by atoms with E-state index in [2.05, 4.69) is 0 Å². The van der Waals surface area contributed by atoms with Crippen molar-refractivity contribution in [3.63, 3.8) is 0 Å². The summed E-state index contributed by atoms with van der Waals surface area (Å²) in [6, 6.07) is 3.78. The van der Waals surface area contributed by atoms with Crippen LogP contribution in [0, 0.1) is 0 Å². The van der Waals surface area contributed by atoms with Crippen molar-refractivity contribution in [2.75, 3.05) is 0 Å². The molecule has 0 saturated carbocycles. The molecule has 0 aliphatic carbocycles. The number of fused-ring (bicyclic) bond motifs is 1. The Labute approximate surface area is 100 Å². The maximum absolute atomic E-state index is 12.8. The lowest BCUT2D eigenvalue weighted by molar-refractivity contribution is -0.137. The number of nitrogens with zero attached hydrogens (tertiary/aromatic N) is 1. The average Bonchev–Trinajstić information content (AvgIpc) is 2.54. The number of carboxylic acid groups (broad SMARTS) is 1. The third-order valence-electron chi connectivity index (χ3n) is 2.73. The number of para-hydroxylation sites is 1. The minimum absolute atomic E-state index is 0.0150. The lowest BCUT2D eigenvalue weighted by Crippen LogP contribution is -2.07. The van der Waals surface area contributed by atoms with Crippen molar-refractivity contribution in [1.29, 1.82) is 0 Å². The molecule has 0 aliphatic heterocycles. The summed E-state index contributed by atoms with van der Waals surface area (Å²) in [6.45, 7) is 0. The largest absolute Gasteiger partial charge is 0.481 e. The number of aliphatic carboxylic acids is 1. The zero-order valence-corrected chi connectivity index (χ0v) is 9.45. The quantitative estimate of drug-likeness (QED) is 0.898. The molecule has 2 aromatic rings. The van der Waals surface area contributed by atoms with Gasteiger partial charge in [0.25, 0.3) is 0 Å². The first-order valence-corrected chi connectivity index (χ1v) is 5.16. The summed E-state index contributed by atoms with van der Waals surface area (Å²) in [5, 5.41) is 9.06. The molecule has 1 aromatic carbocycles. The maximum Gasteiger partial charge on any atom is 0.418 e. The number of aromatic nitrogens is 1. The fraction of sp³-hybridized carbons (Fsp3) is 0.250. The molecule has 0 amide bonds. The normalized spacial score (nSPS) is 12.0. The summed E-state index contributed by atoms with van der Waals surface area (Å²) in [5.74, 6) is -1.07. The van der Waals surface area contributed by atoms with Crippen molar-refractivity contribution in [3.05, 3.63) is 35.5 Å². The number of carbonyl (C=O) groups is 1. The highest BCUT2D eigenvalue weighted by atomic mass is 19.4. The summed E-state index contributed by atoms with van der Waals surface area (Å²) >= 11 is 0. The van der Waals surface area contributed by atoms with Gasteiger partial charge in [-0.05, 0) is 11.6 Å². The molecule has 18 heavy (non-hydrogen) atoms. The van der Waals surface area contributed by atoms with E-state index in [1.807, 2.05) is 0 Å². The van der Waals surface area contributed by atoms with E-state index >= 15 is 0 Å². The zero-order chi connectivity index (χ0) is 13.5. The highest BCUT2D eigenvalue weighted by molar-refractivity contribution is 5.90. The summed E-state index contributed by atoms with van der Waals surface area (Å²) < 4.78 is 39.8. The van der Waals surface area contributed by atoms with Gasteiger partial charge in [-0.3, -0.25) is 4.79 Å². The number of aryl methyl sites for hydroxylation is 1. The van der Waals surface area contributed by atoms with Crippen molar-refractivity contribution in [1.82, 2.24) is 4.57 Å². The monoisotopic (exact) mass is 257 g/mol. The van der Waals surface area contributed by atoms with Crippen molar-refractivity contribution >= 4 is 16.9 Å². The Kier molecular flexibility index (Phi) is 2.80. The lowest BCUT2D eigenvalue weighted by atomic mass is 10.1. The summed E-state index contributed by atoms with van der Waals surface area (Å²) in [6.07, 6.45) is -3.32. The molecular weight excluding hydrogens is 247 g/mol. The van der Waals surface area contributed by atoms with E-state index in [-0.39, 0.29) is 11.9 Å². The van der Waals surface area contributed by atoms with Gasteiger partial charge >= 0.3 is 12.1 Å². The molecule has 0 atom stereocenters. The van der Waals surface area contributed by atoms with E-state index in [4.69, 9.17) is 5.11 Å². The Bertz CT molecular complexity index is 614. The molecule has 0 saturated heterocycles. The SMILES string of the molecule is Cn1cc(CC(=O)O)c2cccc(C(F)(F)F)c21. The molecule has 1 heterocycles. The van der Waals surface area contributed by atoms with Gasteiger partial charge in [0.2, 0.25) is 0 Å². The Hall–Kier alpha value is -1.98. The van der Waals surface area contributed by atoms with Crippen molar-refractivity contribution in [2.45, 2.75) is 12.6 Å². The van der Waals surface area contributed by atoms with E-state index in [0.29, 0.717) is 10.9 Å². The molecule has 0 aliphatic rings. The Morgan fingerprint density at radius 1 is 1.39 bits per heavy atom. The van der Waals surface area contributed by atoms with Crippen LogP contribution in [-0.4, -0.2) is 15.6 Å². The van der Waals surface area contributed by atoms with Gasteiger partial charge in [0.1, 0.15) is 0 Å². The second kappa shape index (κ2) is 4.04. The predicted molar refractivity (Wildman–Crippen MR) is 59.3 cm³/mol. The second-order valence-corrected chi connectivity index (χ2v) is 4.04. The van der Waals surface area contributed by atoms with Crippen LogP contribution in [0.5, 0.6) is 0 Å². The summed E-state index contributed by atoms with van der Waals surface area (Å²) in [5.41, 5.74) is -0.355. The van der Waals surface area contributed by atoms with Gasteiger partial charge in [-0.2, -0.15) is 13.2 Å². The Balaban J connectivity index is 2.72. The number of hydrogen-bond acceptors (Lipinski definition) is 1. The van der Waals surface area contributed by atoms with Gasteiger partial charge < -0.3 is 9.67 Å². The third-order valence-corrected chi connectivity index (χ3v) is 2.73. The fourth-order valence-corrected chi connectivity index (χ4v) is 2.08. The lowest BCUT2D eigenvalue weighted by Gasteiger charge is -2.09. The number of carboxylic acids is 1. The first-order valence-electron chi connectivity index (χ1n) is 5.16.